The number of hydrogen-bond acceptors (Lipinski definition) is 8. The molecule has 0 aliphatic carbocycles. The molecule has 12 nitrogen and oxygen atoms in total. The maximum absolute atomic E-state index is 12.8. The number of hydrogen-bond donors (Lipinski definition) is 4. The predicted octanol–water partition coefficient (Wildman–Crippen LogP) is 0.615. The van der Waals surface area contributed by atoms with E-state index in [0.29, 0.717) is 36.3 Å². The van der Waals surface area contributed by atoms with Crippen LogP contribution in [0.5, 0.6) is 0 Å². The molecule has 3 aromatic rings. The summed E-state index contributed by atoms with van der Waals surface area (Å²) in [7, 11) is 0. The highest BCUT2D eigenvalue weighted by molar-refractivity contribution is 5.93. The number of carbonyl (C=O) groups is 3. The molecule has 38 heavy (non-hydrogen) atoms. The molecular weight excluding hydrogens is 486 g/mol. The van der Waals surface area contributed by atoms with Crippen LogP contribution in [-0.2, 0) is 10.2 Å². The third-order valence-electron chi connectivity index (χ3n) is 6.99. The molecule has 196 valence electrons. The molecular formula is C26H29N9O3. The first-order valence-corrected chi connectivity index (χ1v) is 12.2. The number of nitriles is 1. The summed E-state index contributed by atoms with van der Waals surface area (Å²) < 4.78 is 0. The largest absolute Gasteiger partial charge is 0.366 e. The maximum Gasteiger partial charge on any atom is 0.248 e. The number of nitrogens with one attached hydrogen (secondary N) is 2. The minimum absolute atomic E-state index is 0.0584. The summed E-state index contributed by atoms with van der Waals surface area (Å²) in [6.45, 7) is 2.56. The van der Waals surface area contributed by atoms with Crippen LogP contribution in [0.15, 0.2) is 48.5 Å². The molecule has 1 aromatic heterocycles. The molecule has 1 aliphatic heterocycles. The van der Waals surface area contributed by atoms with Crippen molar-refractivity contribution >= 4 is 17.7 Å². The van der Waals surface area contributed by atoms with E-state index in [1.165, 1.54) is 0 Å². The topological polar surface area (TPSA) is 197 Å². The number of primary amides is 2. The normalized spacial score (nSPS) is 16.1. The number of nitrogens with zero attached hydrogens (tertiary/aromatic N) is 5. The smallest absolute Gasteiger partial charge is 0.248 e. The fourth-order valence-corrected chi connectivity index (χ4v) is 5.03. The Morgan fingerprint density at radius 1 is 1.11 bits per heavy atom. The standard InChI is InChI=1S/C26H29N9O3/c1-16(30-15-22(36)35-12-2-3-21(35)14-27)13-26(25-31-33-34-32-25,19-8-4-17(5-9-19)23(28)37)20-10-6-18(7-11-20)24(29)38/h4-11,16,21,30H,2-3,12-13,15H2,1H3,(H2,28,37)(H2,29,38)(H,31,32,33,34)/t16-,21?/m1/s1. The van der Waals surface area contributed by atoms with Crippen LogP contribution in [0, 0.1) is 11.3 Å². The molecule has 0 spiro atoms. The van der Waals surface area contributed by atoms with E-state index in [9.17, 15) is 19.6 Å². The van der Waals surface area contributed by atoms with Gasteiger partial charge in [-0.25, -0.2) is 0 Å². The van der Waals surface area contributed by atoms with Gasteiger partial charge in [0.25, 0.3) is 0 Å². The first-order valence-electron chi connectivity index (χ1n) is 12.2. The van der Waals surface area contributed by atoms with Crippen LogP contribution >= 0.6 is 0 Å². The summed E-state index contributed by atoms with van der Waals surface area (Å²) in [5.41, 5.74) is 12.1. The van der Waals surface area contributed by atoms with Crippen molar-refractivity contribution in [2.45, 2.75) is 43.7 Å². The lowest BCUT2D eigenvalue weighted by atomic mass is 9.69. The lowest BCUT2D eigenvalue weighted by molar-refractivity contribution is -0.130. The summed E-state index contributed by atoms with van der Waals surface area (Å²) in [6, 6.07) is 15.2. The molecule has 1 aliphatic rings. The Balaban J connectivity index is 1.71. The van der Waals surface area contributed by atoms with Gasteiger partial charge in [-0.1, -0.05) is 29.5 Å². The fraction of sp³-hybridized carbons (Fsp3) is 0.346. The lowest BCUT2D eigenvalue weighted by Gasteiger charge is -2.35. The number of amides is 3. The Kier molecular flexibility index (Phi) is 7.78. The van der Waals surface area contributed by atoms with Crippen LogP contribution in [0.1, 0.15) is 63.9 Å². The molecule has 3 amide bonds. The van der Waals surface area contributed by atoms with Gasteiger partial charge in [-0.05, 0) is 61.6 Å². The van der Waals surface area contributed by atoms with Crippen LogP contribution in [0.25, 0.3) is 0 Å². The number of tetrazole rings is 1. The monoisotopic (exact) mass is 515 g/mol. The zero-order valence-corrected chi connectivity index (χ0v) is 20.9. The number of nitrogens with two attached hydrogens (primary N) is 2. The molecule has 0 saturated carbocycles. The van der Waals surface area contributed by atoms with Gasteiger partial charge in [0, 0.05) is 23.7 Å². The molecule has 2 atom stereocenters. The quantitative estimate of drug-likeness (QED) is 0.301. The van der Waals surface area contributed by atoms with E-state index in [0.717, 1.165) is 17.5 Å². The second-order valence-corrected chi connectivity index (χ2v) is 9.38. The Morgan fingerprint density at radius 2 is 1.68 bits per heavy atom. The Morgan fingerprint density at radius 3 is 2.16 bits per heavy atom. The van der Waals surface area contributed by atoms with E-state index in [1.807, 2.05) is 6.92 Å². The van der Waals surface area contributed by atoms with E-state index < -0.39 is 23.3 Å². The van der Waals surface area contributed by atoms with Crippen LogP contribution in [0.3, 0.4) is 0 Å². The highest BCUT2D eigenvalue weighted by Crippen LogP contribution is 2.41. The van der Waals surface area contributed by atoms with Crippen molar-refractivity contribution in [3.63, 3.8) is 0 Å². The molecule has 2 heterocycles. The number of benzene rings is 2. The van der Waals surface area contributed by atoms with Gasteiger partial charge >= 0.3 is 0 Å². The Hall–Kier alpha value is -4.63. The van der Waals surface area contributed by atoms with E-state index in [2.05, 4.69) is 32.0 Å². The van der Waals surface area contributed by atoms with Crippen LogP contribution in [0.2, 0.25) is 0 Å². The lowest BCUT2D eigenvalue weighted by Crippen LogP contribution is -2.45. The average molecular weight is 516 g/mol. The SMILES string of the molecule is C[C@H](CC(c1ccc(C(N)=O)cc1)(c1ccc(C(N)=O)cc1)c1nn[nH]n1)NCC(=O)N1CCCC1C#N. The van der Waals surface area contributed by atoms with Gasteiger partial charge in [0.2, 0.25) is 17.7 Å². The molecule has 12 heteroatoms. The molecule has 6 N–H and O–H groups in total. The summed E-state index contributed by atoms with van der Waals surface area (Å²) in [5.74, 6) is -0.889. The second kappa shape index (κ2) is 11.2. The number of rotatable bonds is 10. The Labute approximate surface area is 219 Å². The number of aromatic amines is 1. The summed E-state index contributed by atoms with van der Waals surface area (Å²) in [4.78, 5) is 37.9. The second-order valence-electron chi connectivity index (χ2n) is 9.38. The van der Waals surface area contributed by atoms with Crippen molar-refractivity contribution in [2.24, 2.45) is 11.5 Å². The van der Waals surface area contributed by atoms with Gasteiger partial charge in [0.1, 0.15) is 6.04 Å². The van der Waals surface area contributed by atoms with E-state index in [4.69, 9.17) is 11.5 Å². The van der Waals surface area contributed by atoms with Gasteiger partial charge in [0.05, 0.1) is 18.0 Å². The minimum atomic E-state index is -0.988. The van der Waals surface area contributed by atoms with Crippen molar-refractivity contribution in [1.82, 2.24) is 30.8 Å². The third kappa shape index (κ3) is 5.23. The van der Waals surface area contributed by atoms with Crippen molar-refractivity contribution in [3.8, 4) is 6.07 Å². The van der Waals surface area contributed by atoms with Gasteiger partial charge in [-0.15, -0.1) is 10.2 Å². The zero-order chi connectivity index (χ0) is 27.3. The molecule has 2 aromatic carbocycles. The van der Waals surface area contributed by atoms with Gasteiger partial charge in [-0.3, -0.25) is 14.4 Å². The van der Waals surface area contributed by atoms with Crippen molar-refractivity contribution < 1.29 is 14.4 Å². The summed E-state index contributed by atoms with van der Waals surface area (Å²) in [6.07, 6.45) is 1.87. The van der Waals surface area contributed by atoms with E-state index in [1.54, 1.807) is 53.4 Å². The molecule has 4 rings (SSSR count). The average Bonchev–Trinajstić information content (AvgIpc) is 3.63. The number of H-pyrrole nitrogens is 1. The van der Waals surface area contributed by atoms with Crippen molar-refractivity contribution in [1.29, 1.82) is 5.26 Å². The van der Waals surface area contributed by atoms with Gasteiger partial charge in [-0.2, -0.15) is 10.5 Å². The molecule has 1 saturated heterocycles. The Bertz CT molecular complexity index is 1270. The molecule has 1 fully saturated rings. The fourth-order valence-electron chi connectivity index (χ4n) is 5.03. The predicted molar refractivity (Wildman–Crippen MR) is 136 cm³/mol. The van der Waals surface area contributed by atoms with Crippen LogP contribution < -0.4 is 16.8 Å². The molecule has 0 bridgehead atoms. The van der Waals surface area contributed by atoms with Gasteiger partial charge < -0.3 is 21.7 Å². The number of carbonyl (C=O) groups excluding carboxylic acids is 3. The first-order chi connectivity index (χ1) is 18.3. The molecule has 1 unspecified atom stereocenters. The minimum Gasteiger partial charge on any atom is -0.366 e. The summed E-state index contributed by atoms with van der Waals surface area (Å²) in [5, 5.41) is 27.6. The van der Waals surface area contributed by atoms with Crippen molar-refractivity contribution in [2.75, 3.05) is 13.1 Å². The summed E-state index contributed by atoms with van der Waals surface area (Å²) >= 11 is 0. The van der Waals surface area contributed by atoms with Crippen LogP contribution in [-0.4, -0.2) is 68.4 Å². The molecule has 0 radical (unpaired) electrons. The van der Waals surface area contributed by atoms with Crippen LogP contribution in [0.4, 0.5) is 0 Å². The zero-order valence-electron chi connectivity index (χ0n) is 20.9. The van der Waals surface area contributed by atoms with E-state index in [-0.39, 0.29) is 18.5 Å². The third-order valence-corrected chi connectivity index (χ3v) is 6.99. The number of likely N-dealkylation sites (tertiary alicyclic amines) is 1. The maximum atomic E-state index is 12.8. The number of aromatic nitrogens is 4. The highest BCUT2D eigenvalue weighted by atomic mass is 16.2. The van der Waals surface area contributed by atoms with Crippen molar-refractivity contribution in [3.05, 3.63) is 76.6 Å². The highest BCUT2D eigenvalue weighted by Gasteiger charge is 2.42. The first kappa shape index (κ1) is 26.4. The van der Waals surface area contributed by atoms with E-state index >= 15 is 0 Å². The van der Waals surface area contributed by atoms with Gasteiger partial charge in [0.15, 0.2) is 5.82 Å².